The number of carbonyl (C=O) groups excluding carboxylic acids is 1. The number of rotatable bonds is 4. The van der Waals surface area contributed by atoms with Gasteiger partial charge >= 0.3 is 0 Å². The predicted molar refractivity (Wildman–Crippen MR) is 82.7 cm³/mol. The summed E-state index contributed by atoms with van der Waals surface area (Å²) >= 11 is 0. The molecule has 0 bridgehead atoms. The van der Waals surface area contributed by atoms with Crippen LogP contribution in [-0.2, 0) is 0 Å². The molecule has 1 aliphatic carbocycles. The molecule has 1 saturated carbocycles. The molecule has 21 heavy (non-hydrogen) atoms. The highest BCUT2D eigenvalue weighted by Gasteiger charge is 2.18. The number of hydrogen-bond acceptors (Lipinski definition) is 3. The molecule has 1 aromatic carbocycles. The van der Waals surface area contributed by atoms with Crippen LogP contribution < -0.4 is 10.1 Å². The third-order valence-electron chi connectivity index (χ3n) is 4.47. The minimum atomic E-state index is 0.124. The van der Waals surface area contributed by atoms with Crippen molar-refractivity contribution < 1.29 is 9.53 Å². The first kappa shape index (κ1) is 14.4. The average Bonchev–Trinajstić information content (AvgIpc) is 3.07. The van der Waals surface area contributed by atoms with Crippen LogP contribution in [0.15, 0.2) is 24.3 Å². The second-order valence-corrected chi connectivity index (χ2v) is 6.03. The van der Waals surface area contributed by atoms with E-state index in [0.29, 0.717) is 5.92 Å². The number of nitrogens with zero attached hydrogens (tertiary/aromatic N) is 1. The van der Waals surface area contributed by atoms with E-state index in [2.05, 4.69) is 5.32 Å². The van der Waals surface area contributed by atoms with E-state index in [4.69, 9.17) is 4.74 Å². The van der Waals surface area contributed by atoms with Gasteiger partial charge in [0.25, 0.3) is 5.91 Å². The number of carbonyl (C=O) groups is 1. The Balaban J connectivity index is 1.54. The summed E-state index contributed by atoms with van der Waals surface area (Å²) in [4.78, 5) is 14.2. The quantitative estimate of drug-likeness (QED) is 0.924. The SMILES string of the molecule is O=C(c1ccc(OCC2CCCC2)cc1)N1CCNCC1. The van der Waals surface area contributed by atoms with Crippen molar-refractivity contribution in [2.75, 3.05) is 32.8 Å². The molecule has 2 aliphatic rings. The molecule has 0 radical (unpaired) electrons. The van der Waals surface area contributed by atoms with Gasteiger partial charge in [-0.25, -0.2) is 0 Å². The van der Waals surface area contributed by atoms with Crippen LogP contribution in [-0.4, -0.2) is 43.6 Å². The average molecular weight is 288 g/mol. The first-order valence-electron chi connectivity index (χ1n) is 8.06. The maximum absolute atomic E-state index is 12.3. The molecule has 3 rings (SSSR count). The lowest BCUT2D eigenvalue weighted by molar-refractivity contribution is 0.0736. The Labute approximate surface area is 126 Å². The molecule has 0 unspecified atom stereocenters. The maximum atomic E-state index is 12.3. The fraction of sp³-hybridized carbons (Fsp3) is 0.588. The summed E-state index contributed by atoms with van der Waals surface area (Å²) in [6.45, 7) is 4.16. The van der Waals surface area contributed by atoms with E-state index in [1.165, 1.54) is 25.7 Å². The van der Waals surface area contributed by atoms with Crippen molar-refractivity contribution in [1.29, 1.82) is 0 Å². The Kier molecular flexibility index (Phi) is 4.76. The van der Waals surface area contributed by atoms with Crippen molar-refractivity contribution in [3.05, 3.63) is 29.8 Å². The summed E-state index contributed by atoms with van der Waals surface area (Å²) in [7, 11) is 0. The molecule has 4 heteroatoms. The molecule has 1 aromatic rings. The number of hydrogen-bond donors (Lipinski definition) is 1. The van der Waals surface area contributed by atoms with Gasteiger partial charge in [0.2, 0.25) is 0 Å². The Morgan fingerprint density at radius 2 is 1.81 bits per heavy atom. The first-order chi connectivity index (χ1) is 10.3. The van der Waals surface area contributed by atoms with E-state index in [9.17, 15) is 4.79 Å². The Morgan fingerprint density at radius 1 is 1.14 bits per heavy atom. The van der Waals surface area contributed by atoms with Crippen LogP contribution in [0.4, 0.5) is 0 Å². The van der Waals surface area contributed by atoms with Crippen molar-refractivity contribution in [1.82, 2.24) is 10.2 Å². The van der Waals surface area contributed by atoms with E-state index in [0.717, 1.165) is 44.1 Å². The topological polar surface area (TPSA) is 41.6 Å². The predicted octanol–water partition coefficient (Wildman–Crippen LogP) is 2.30. The second-order valence-electron chi connectivity index (χ2n) is 6.03. The number of piperazine rings is 1. The van der Waals surface area contributed by atoms with Crippen molar-refractivity contribution in [2.45, 2.75) is 25.7 Å². The highest BCUT2D eigenvalue weighted by Crippen LogP contribution is 2.25. The zero-order valence-electron chi connectivity index (χ0n) is 12.5. The van der Waals surface area contributed by atoms with Gasteiger partial charge in [0.05, 0.1) is 6.61 Å². The fourth-order valence-corrected chi connectivity index (χ4v) is 3.14. The number of ether oxygens (including phenoxy) is 1. The lowest BCUT2D eigenvalue weighted by Crippen LogP contribution is -2.46. The van der Waals surface area contributed by atoms with Gasteiger partial charge in [0, 0.05) is 31.7 Å². The molecule has 0 aromatic heterocycles. The van der Waals surface area contributed by atoms with Gasteiger partial charge in [0.1, 0.15) is 5.75 Å². The molecule has 0 spiro atoms. The standard InChI is InChI=1S/C17H24N2O2/c20-17(19-11-9-18-10-12-19)15-5-7-16(8-6-15)21-13-14-3-1-2-4-14/h5-8,14,18H,1-4,9-13H2. The molecule has 4 nitrogen and oxygen atoms in total. The third kappa shape index (κ3) is 3.76. The second kappa shape index (κ2) is 6.94. The number of amides is 1. The molecule has 1 heterocycles. The molecule has 1 aliphatic heterocycles. The van der Waals surface area contributed by atoms with Gasteiger partial charge in [-0.2, -0.15) is 0 Å². The summed E-state index contributed by atoms with van der Waals surface area (Å²) < 4.78 is 5.84. The minimum absolute atomic E-state index is 0.124. The van der Waals surface area contributed by atoms with Crippen molar-refractivity contribution in [3.8, 4) is 5.75 Å². The third-order valence-corrected chi connectivity index (χ3v) is 4.47. The van der Waals surface area contributed by atoms with E-state index in [-0.39, 0.29) is 5.91 Å². The van der Waals surface area contributed by atoms with E-state index < -0.39 is 0 Å². The van der Waals surface area contributed by atoms with E-state index in [1.54, 1.807) is 0 Å². The molecule has 1 N–H and O–H groups in total. The summed E-state index contributed by atoms with van der Waals surface area (Å²) in [5.74, 6) is 1.71. The van der Waals surface area contributed by atoms with Gasteiger partial charge in [-0.15, -0.1) is 0 Å². The summed E-state index contributed by atoms with van der Waals surface area (Å²) in [6.07, 6.45) is 5.26. The van der Waals surface area contributed by atoms with E-state index >= 15 is 0 Å². The van der Waals surface area contributed by atoms with Crippen molar-refractivity contribution in [2.24, 2.45) is 5.92 Å². The Morgan fingerprint density at radius 3 is 2.48 bits per heavy atom. The van der Waals surface area contributed by atoms with Crippen LogP contribution in [0.25, 0.3) is 0 Å². The largest absolute Gasteiger partial charge is 0.493 e. The van der Waals surface area contributed by atoms with Gasteiger partial charge in [0.15, 0.2) is 0 Å². The van der Waals surface area contributed by atoms with E-state index in [1.807, 2.05) is 29.2 Å². The van der Waals surface area contributed by atoms with Gasteiger partial charge < -0.3 is 15.0 Å². The molecular weight excluding hydrogens is 264 g/mol. The summed E-state index contributed by atoms with van der Waals surface area (Å²) in [5, 5.41) is 3.26. The molecule has 2 fully saturated rings. The van der Waals surface area contributed by atoms with Crippen LogP contribution in [0.2, 0.25) is 0 Å². The zero-order chi connectivity index (χ0) is 14.5. The minimum Gasteiger partial charge on any atom is -0.493 e. The lowest BCUT2D eigenvalue weighted by atomic mass is 10.1. The normalized spacial score (nSPS) is 19.7. The molecule has 114 valence electrons. The van der Waals surface area contributed by atoms with Gasteiger partial charge in [-0.05, 0) is 43.0 Å². The van der Waals surface area contributed by atoms with Crippen molar-refractivity contribution in [3.63, 3.8) is 0 Å². The Hall–Kier alpha value is -1.55. The number of benzene rings is 1. The lowest BCUT2D eigenvalue weighted by Gasteiger charge is -2.27. The molecular formula is C17H24N2O2. The number of nitrogens with one attached hydrogen (secondary N) is 1. The molecule has 1 amide bonds. The molecule has 1 saturated heterocycles. The van der Waals surface area contributed by atoms with Crippen LogP contribution in [0.3, 0.4) is 0 Å². The van der Waals surface area contributed by atoms with Crippen LogP contribution >= 0.6 is 0 Å². The Bertz CT molecular complexity index is 460. The van der Waals surface area contributed by atoms with Crippen LogP contribution in [0.1, 0.15) is 36.0 Å². The van der Waals surface area contributed by atoms with Gasteiger partial charge in [-0.3, -0.25) is 4.79 Å². The van der Waals surface area contributed by atoms with Crippen LogP contribution in [0, 0.1) is 5.92 Å². The maximum Gasteiger partial charge on any atom is 0.253 e. The van der Waals surface area contributed by atoms with Crippen molar-refractivity contribution >= 4 is 5.91 Å². The molecule has 0 atom stereocenters. The first-order valence-corrected chi connectivity index (χ1v) is 8.06. The summed E-state index contributed by atoms with van der Waals surface area (Å²) in [5.41, 5.74) is 0.755. The fourth-order valence-electron chi connectivity index (χ4n) is 3.14. The van der Waals surface area contributed by atoms with Gasteiger partial charge in [-0.1, -0.05) is 12.8 Å². The highest BCUT2D eigenvalue weighted by atomic mass is 16.5. The van der Waals surface area contributed by atoms with Crippen LogP contribution in [0.5, 0.6) is 5.75 Å². The summed E-state index contributed by atoms with van der Waals surface area (Å²) in [6, 6.07) is 7.61. The highest BCUT2D eigenvalue weighted by molar-refractivity contribution is 5.94. The monoisotopic (exact) mass is 288 g/mol. The zero-order valence-corrected chi connectivity index (χ0v) is 12.5. The smallest absolute Gasteiger partial charge is 0.253 e.